The minimum Gasteiger partial charge on any atom is -0.434 e. The first-order chi connectivity index (χ1) is 25.3. The van der Waals surface area contributed by atoms with Gasteiger partial charge in [-0.1, -0.05) is 115 Å². The van der Waals surface area contributed by atoms with Gasteiger partial charge in [-0.2, -0.15) is 0 Å². The average molecular weight is 654 g/mol. The molecule has 8 aromatic carbocycles. The van der Waals surface area contributed by atoms with Crippen molar-refractivity contribution in [2.24, 2.45) is 0 Å². The fourth-order valence-electron chi connectivity index (χ4n) is 7.36. The van der Waals surface area contributed by atoms with Crippen LogP contribution in [-0.2, 0) is 0 Å². The normalized spacial score (nSPS) is 11.5. The van der Waals surface area contributed by atoms with Crippen LogP contribution in [0.5, 0.6) is 0 Å². The number of fused-ring (bicyclic) bond motifs is 5. The highest BCUT2D eigenvalue weighted by atomic mass is 16.3. The number of benzene rings is 8. The number of hydrogen-bond donors (Lipinski definition) is 0. The van der Waals surface area contributed by atoms with Crippen LogP contribution in [0.2, 0.25) is 0 Å². The topological polar surface area (TPSA) is 34.2 Å². The highest BCUT2D eigenvalue weighted by Crippen LogP contribution is 2.43. The van der Waals surface area contributed by atoms with Gasteiger partial charge < -0.3 is 13.9 Å². The van der Waals surface area contributed by atoms with Gasteiger partial charge >= 0.3 is 0 Å². The van der Waals surface area contributed by atoms with Crippen molar-refractivity contribution in [2.45, 2.75) is 0 Å². The molecule has 0 N–H and O–H groups in total. The number of aromatic nitrogens is 2. The monoisotopic (exact) mass is 653 g/mol. The Labute approximate surface area is 295 Å². The lowest BCUT2D eigenvalue weighted by molar-refractivity contribution is 0.620. The minimum atomic E-state index is 0.601. The smallest absolute Gasteiger partial charge is 0.227 e. The Hall–Kier alpha value is -6.91. The van der Waals surface area contributed by atoms with Crippen molar-refractivity contribution in [1.29, 1.82) is 0 Å². The molecule has 0 fully saturated rings. The SMILES string of the molecule is c1ccc(-c2ccc(N(c3ccc4c5cc6ccccc6cc5n(-c5ccccc5)c4c3)c3cccc4nc(-c5ccccc5)oc34)cc2)cc1. The molecular weight excluding hydrogens is 623 g/mol. The quantitative estimate of drug-likeness (QED) is 0.179. The van der Waals surface area contributed by atoms with Crippen molar-refractivity contribution in [2.75, 3.05) is 4.90 Å². The molecule has 2 heterocycles. The molecule has 2 aromatic heterocycles. The van der Waals surface area contributed by atoms with Crippen LogP contribution in [0.1, 0.15) is 0 Å². The molecule has 0 aliphatic rings. The van der Waals surface area contributed by atoms with Gasteiger partial charge in [0.15, 0.2) is 5.58 Å². The number of rotatable bonds is 6. The molecule has 0 unspecified atom stereocenters. The molecule has 4 nitrogen and oxygen atoms in total. The van der Waals surface area contributed by atoms with Crippen LogP contribution in [0.25, 0.3) is 71.9 Å². The van der Waals surface area contributed by atoms with E-state index in [9.17, 15) is 0 Å². The van der Waals surface area contributed by atoms with E-state index in [1.807, 2.05) is 36.4 Å². The number of para-hydroxylation sites is 2. The minimum absolute atomic E-state index is 0.601. The Morgan fingerprint density at radius 1 is 0.451 bits per heavy atom. The van der Waals surface area contributed by atoms with Crippen LogP contribution in [0.3, 0.4) is 0 Å². The third kappa shape index (κ3) is 4.96. The first-order valence-electron chi connectivity index (χ1n) is 17.2. The van der Waals surface area contributed by atoms with Gasteiger partial charge in [0.25, 0.3) is 0 Å². The van der Waals surface area contributed by atoms with Gasteiger partial charge in [-0.3, -0.25) is 0 Å². The molecule has 10 rings (SSSR count). The van der Waals surface area contributed by atoms with Gasteiger partial charge in [0.2, 0.25) is 5.89 Å². The largest absolute Gasteiger partial charge is 0.434 e. The van der Waals surface area contributed by atoms with E-state index in [0.29, 0.717) is 5.89 Å². The predicted molar refractivity (Wildman–Crippen MR) is 211 cm³/mol. The number of nitrogens with zero attached hydrogens (tertiary/aromatic N) is 3. The van der Waals surface area contributed by atoms with Crippen LogP contribution < -0.4 is 4.90 Å². The van der Waals surface area contributed by atoms with Gasteiger partial charge in [-0.25, -0.2) is 4.98 Å². The Morgan fingerprint density at radius 3 is 1.80 bits per heavy atom. The van der Waals surface area contributed by atoms with Gasteiger partial charge in [-0.05, 0) is 94.7 Å². The second kappa shape index (κ2) is 11.9. The summed E-state index contributed by atoms with van der Waals surface area (Å²) in [6.45, 7) is 0. The van der Waals surface area contributed by atoms with Crippen LogP contribution in [0.4, 0.5) is 17.1 Å². The van der Waals surface area contributed by atoms with Gasteiger partial charge in [0, 0.05) is 33.4 Å². The van der Waals surface area contributed by atoms with E-state index in [4.69, 9.17) is 9.40 Å². The summed E-state index contributed by atoms with van der Waals surface area (Å²) in [5, 5.41) is 4.87. The molecule has 240 valence electrons. The van der Waals surface area contributed by atoms with Crippen molar-refractivity contribution >= 4 is 60.7 Å². The van der Waals surface area contributed by atoms with Crippen LogP contribution in [0.15, 0.2) is 192 Å². The van der Waals surface area contributed by atoms with E-state index in [1.165, 1.54) is 32.6 Å². The van der Waals surface area contributed by atoms with E-state index in [-0.39, 0.29) is 0 Å². The molecule has 4 heteroatoms. The summed E-state index contributed by atoms with van der Waals surface area (Å²) in [6, 6.07) is 66.3. The summed E-state index contributed by atoms with van der Waals surface area (Å²) >= 11 is 0. The molecule has 0 saturated carbocycles. The average Bonchev–Trinajstić information content (AvgIpc) is 3.78. The zero-order valence-electron chi connectivity index (χ0n) is 27.6. The zero-order valence-corrected chi connectivity index (χ0v) is 27.6. The van der Waals surface area contributed by atoms with E-state index in [0.717, 1.165) is 50.5 Å². The Kier molecular flexibility index (Phi) is 6.78. The lowest BCUT2D eigenvalue weighted by Crippen LogP contribution is -2.10. The molecule has 0 aliphatic carbocycles. The fourth-order valence-corrected chi connectivity index (χ4v) is 7.36. The second-order valence-corrected chi connectivity index (χ2v) is 12.8. The third-order valence-corrected chi connectivity index (χ3v) is 9.78. The molecule has 51 heavy (non-hydrogen) atoms. The summed E-state index contributed by atoms with van der Waals surface area (Å²) in [5.74, 6) is 0.601. The van der Waals surface area contributed by atoms with Crippen molar-refractivity contribution < 1.29 is 4.42 Å². The predicted octanol–water partition coefficient (Wildman–Crippen LogP) is 12.9. The van der Waals surface area contributed by atoms with E-state index >= 15 is 0 Å². The molecule has 0 atom stereocenters. The molecular formula is C47H31N3O. The number of oxazole rings is 1. The summed E-state index contributed by atoms with van der Waals surface area (Å²) in [4.78, 5) is 7.22. The van der Waals surface area contributed by atoms with E-state index in [2.05, 4.69) is 161 Å². The van der Waals surface area contributed by atoms with E-state index < -0.39 is 0 Å². The number of anilines is 3. The van der Waals surface area contributed by atoms with Gasteiger partial charge in [0.05, 0.1) is 16.7 Å². The molecule has 0 radical (unpaired) electrons. The van der Waals surface area contributed by atoms with Crippen LogP contribution >= 0.6 is 0 Å². The first kappa shape index (κ1) is 29.0. The summed E-state index contributed by atoms with van der Waals surface area (Å²) in [6.07, 6.45) is 0. The third-order valence-electron chi connectivity index (χ3n) is 9.78. The maximum atomic E-state index is 6.62. The molecule has 0 aliphatic heterocycles. The molecule has 0 spiro atoms. The van der Waals surface area contributed by atoms with Gasteiger partial charge in [-0.15, -0.1) is 0 Å². The highest BCUT2D eigenvalue weighted by Gasteiger charge is 2.22. The lowest BCUT2D eigenvalue weighted by atomic mass is 10.0. The number of hydrogen-bond acceptors (Lipinski definition) is 3. The Morgan fingerprint density at radius 2 is 1.06 bits per heavy atom. The van der Waals surface area contributed by atoms with Crippen molar-refractivity contribution in [3.63, 3.8) is 0 Å². The maximum Gasteiger partial charge on any atom is 0.227 e. The fraction of sp³-hybridized carbons (Fsp3) is 0. The van der Waals surface area contributed by atoms with Gasteiger partial charge in [0.1, 0.15) is 5.52 Å². The van der Waals surface area contributed by atoms with Crippen LogP contribution in [-0.4, -0.2) is 9.55 Å². The summed E-state index contributed by atoms with van der Waals surface area (Å²) in [5.41, 5.74) is 11.2. The Balaban J connectivity index is 1.22. The molecule has 0 amide bonds. The zero-order chi connectivity index (χ0) is 33.7. The van der Waals surface area contributed by atoms with E-state index in [1.54, 1.807) is 0 Å². The highest BCUT2D eigenvalue weighted by molar-refractivity contribution is 6.14. The standard InChI is InChI=1S/C47H31N3O/c1-4-13-32(14-5-1)33-23-25-38(26-24-33)49(43-22-12-21-42-46(43)51-47(48-42)34-15-6-2-7-16-34)39-27-28-40-41-29-35-17-10-11-18-36(35)30-44(41)50(45(40)31-39)37-19-8-3-9-20-37/h1-31H. The second-order valence-electron chi connectivity index (χ2n) is 12.8. The van der Waals surface area contributed by atoms with Crippen molar-refractivity contribution in [1.82, 2.24) is 9.55 Å². The maximum absolute atomic E-state index is 6.62. The molecule has 10 aromatic rings. The lowest BCUT2D eigenvalue weighted by Gasteiger charge is -2.26. The van der Waals surface area contributed by atoms with Crippen molar-refractivity contribution in [3.8, 4) is 28.3 Å². The molecule has 0 bridgehead atoms. The summed E-state index contributed by atoms with van der Waals surface area (Å²) in [7, 11) is 0. The Bertz CT molecular complexity index is 2840. The molecule has 0 saturated heterocycles. The van der Waals surface area contributed by atoms with Crippen LogP contribution in [0, 0.1) is 0 Å². The van der Waals surface area contributed by atoms with Crippen molar-refractivity contribution in [3.05, 3.63) is 188 Å². The summed E-state index contributed by atoms with van der Waals surface area (Å²) < 4.78 is 9.01. The first-order valence-corrected chi connectivity index (χ1v) is 17.2.